The number of carbonyl (C=O) groups excluding carboxylic acids is 1. The maximum Gasteiger partial charge on any atom is 0.233 e. The van der Waals surface area contributed by atoms with Crippen molar-refractivity contribution in [3.8, 4) is 0 Å². The molecule has 162 valence electrons. The maximum absolute atomic E-state index is 12.3. The van der Waals surface area contributed by atoms with E-state index in [0.29, 0.717) is 29.2 Å². The number of anilines is 5. The molecule has 1 amide bonds. The van der Waals surface area contributed by atoms with Crippen LogP contribution in [-0.4, -0.2) is 31.1 Å². The predicted octanol–water partition coefficient (Wildman–Crippen LogP) is 4.19. The molecule has 2 aromatic heterocycles. The Bertz CT molecular complexity index is 1220. The van der Waals surface area contributed by atoms with Gasteiger partial charge in [0.25, 0.3) is 0 Å². The third-order valence-electron chi connectivity index (χ3n) is 4.61. The zero-order valence-corrected chi connectivity index (χ0v) is 18.1. The van der Waals surface area contributed by atoms with E-state index in [4.69, 9.17) is 0 Å². The summed E-state index contributed by atoms with van der Waals surface area (Å²) in [6, 6.07) is 17.3. The van der Waals surface area contributed by atoms with Gasteiger partial charge in [-0.05, 0) is 45.0 Å². The molecule has 9 heteroatoms. The fraction of sp³-hybridized carbons (Fsp3) is 0.174. The van der Waals surface area contributed by atoms with Gasteiger partial charge in [0.2, 0.25) is 17.8 Å². The minimum absolute atomic E-state index is 0.135. The number of rotatable bonds is 7. The molecular weight excluding hydrogens is 404 g/mol. The van der Waals surface area contributed by atoms with E-state index in [1.807, 2.05) is 62.4 Å². The Hall–Kier alpha value is -4.27. The molecule has 4 aromatic rings. The highest BCUT2D eigenvalue weighted by atomic mass is 16.1. The molecule has 32 heavy (non-hydrogen) atoms. The first-order chi connectivity index (χ1) is 15.4. The van der Waals surface area contributed by atoms with Gasteiger partial charge in [0, 0.05) is 23.1 Å². The van der Waals surface area contributed by atoms with Gasteiger partial charge in [0.05, 0.1) is 6.42 Å². The van der Waals surface area contributed by atoms with Gasteiger partial charge in [0.1, 0.15) is 5.82 Å². The van der Waals surface area contributed by atoms with Crippen molar-refractivity contribution < 1.29 is 4.79 Å². The topological polar surface area (TPSA) is 121 Å². The molecule has 0 saturated heterocycles. The fourth-order valence-corrected chi connectivity index (χ4v) is 3.01. The van der Waals surface area contributed by atoms with E-state index in [-0.39, 0.29) is 12.3 Å². The molecule has 2 heterocycles. The number of aromatic nitrogens is 5. The molecule has 0 saturated carbocycles. The zero-order valence-electron chi connectivity index (χ0n) is 18.1. The zero-order chi connectivity index (χ0) is 22.5. The van der Waals surface area contributed by atoms with Gasteiger partial charge in [-0.25, -0.2) is 0 Å². The maximum atomic E-state index is 12.3. The SMILES string of the molecule is Cc1ccc(NC(=O)Cc2cc(Nc3nc(C)nc(Nc4ccc(C)cc4)n3)n[nH]2)cc1. The van der Waals surface area contributed by atoms with Crippen LogP contribution in [0.2, 0.25) is 0 Å². The minimum Gasteiger partial charge on any atom is -0.326 e. The van der Waals surface area contributed by atoms with Crippen molar-refractivity contribution in [1.29, 1.82) is 0 Å². The van der Waals surface area contributed by atoms with Gasteiger partial charge in [0.15, 0.2) is 5.82 Å². The number of nitrogens with one attached hydrogen (secondary N) is 4. The Balaban J connectivity index is 1.39. The summed E-state index contributed by atoms with van der Waals surface area (Å²) in [4.78, 5) is 25.3. The van der Waals surface area contributed by atoms with Gasteiger partial charge >= 0.3 is 0 Å². The Kier molecular flexibility index (Phi) is 6.07. The minimum atomic E-state index is -0.135. The Morgan fingerprint density at radius 2 is 1.41 bits per heavy atom. The van der Waals surface area contributed by atoms with Crippen molar-refractivity contribution in [3.63, 3.8) is 0 Å². The first-order valence-corrected chi connectivity index (χ1v) is 10.2. The first kappa shape index (κ1) is 21.0. The van der Waals surface area contributed by atoms with E-state index in [2.05, 4.69) is 41.1 Å². The number of hydrogen-bond acceptors (Lipinski definition) is 7. The lowest BCUT2D eigenvalue weighted by Gasteiger charge is -2.08. The van der Waals surface area contributed by atoms with Crippen LogP contribution < -0.4 is 16.0 Å². The molecule has 4 rings (SSSR count). The highest BCUT2D eigenvalue weighted by Gasteiger charge is 2.10. The van der Waals surface area contributed by atoms with Crippen molar-refractivity contribution in [3.05, 3.63) is 77.2 Å². The second kappa shape index (κ2) is 9.25. The standard InChI is InChI=1S/C23H24N8O/c1-14-4-8-17(9-5-14)26-21(32)13-19-12-20(31-30-19)28-23-25-16(3)24-22(29-23)27-18-10-6-15(2)7-11-18/h4-12H,13H2,1-3H3,(H,26,32)(H3,24,25,27,28,29,30,31). The highest BCUT2D eigenvalue weighted by Crippen LogP contribution is 2.17. The van der Waals surface area contributed by atoms with Gasteiger partial charge in [-0.3, -0.25) is 9.89 Å². The normalized spacial score (nSPS) is 10.6. The van der Waals surface area contributed by atoms with Crippen molar-refractivity contribution in [2.45, 2.75) is 27.2 Å². The summed E-state index contributed by atoms with van der Waals surface area (Å²) >= 11 is 0. The molecule has 0 unspecified atom stereocenters. The van der Waals surface area contributed by atoms with Crippen LogP contribution in [0.4, 0.5) is 29.1 Å². The molecule has 9 nitrogen and oxygen atoms in total. The van der Waals surface area contributed by atoms with Crippen molar-refractivity contribution in [2.75, 3.05) is 16.0 Å². The molecular formula is C23H24N8O. The molecule has 0 aliphatic heterocycles. The molecule has 0 spiro atoms. The smallest absolute Gasteiger partial charge is 0.233 e. The highest BCUT2D eigenvalue weighted by molar-refractivity contribution is 5.92. The average Bonchev–Trinajstić information content (AvgIpc) is 3.17. The van der Waals surface area contributed by atoms with Crippen LogP contribution in [0, 0.1) is 20.8 Å². The lowest BCUT2D eigenvalue weighted by atomic mass is 10.2. The van der Waals surface area contributed by atoms with Crippen molar-refractivity contribution in [1.82, 2.24) is 25.1 Å². The lowest BCUT2D eigenvalue weighted by molar-refractivity contribution is -0.115. The van der Waals surface area contributed by atoms with Gasteiger partial charge in [-0.15, -0.1) is 0 Å². The largest absolute Gasteiger partial charge is 0.326 e. The summed E-state index contributed by atoms with van der Waals surface area (Å²) in [7, 11) is 0. The Labute approximate surface area is 185 Å². The van der Waals surface area contributed by atoms with Crippen molar-refractivity contribution in [2.24, 2.45) is 0 Å². The van der Waals surface area contributed by atoms with E-state index >= 15 is 0 Å². The summed E-state index contributed by atoms with van der Waals surface area (Å²) in [6.07, 6.45) is 0.166. The monoisotopic (exact) mass is 428 g/mol. The molecule has 2 aromatic carbocycles. The molecule has 4 N–H and O–H groups in total. The van der Waals surface area contributed by atoms with Crippen LogP contribution in [0.3, 0.4) is 0 Å². The predicted molar refractivity (Wildman–Crippen MR) is 124 cm³/mol. The fourth-order valence-electron chi connectivity index (χ4n) is 3.01. The number of aryl methyl sites for hydroxylation is 3. The number of H-pyrrole nitrogens is 1. The van der Waals surface area contributed by atoms with E-state index in [9.17, 15) is 4.79 Å². The van der Waals surface area contributed by atoms with Crippen LogP contribution in [0.1, 0.15) is 22.6 Å². The van der Waals surface area contributed by atoms with E-state index in [1.54, 1.807) is 13.0 Å². The number of benzene rings is 2. The second-order valence-corrected chi connectivity index (χ2v) is 7.52. The van der Waals surface area contributed by atoms with Gasteiger partial charge in [-0.2, -0.15) is 20.1 Å². The lowest BCUT2D eigenvalue weighted by Crippen LogP contribution is -2.14. The number of amides is 1. The Morgan fingerprint density at radius 1 is 0.812 bits per heavy atom. The van der Waals surface area contributed by atoms with E-state index in [0.717, 1.165) is 16.9 Å². The summed E-state index contributed by atoms with van der Waals surface area (Å²) < 4.78 is 0. The third-order valence-corrected chi connectivity index (χ3v) is 4.61. The van der Waals surface area contributed by atoms with Gasteiger partial charge < -0.3 is 16.0 Å². The quantitative estimate of drug-likeness (QED) is 0.348. The molecule has 0 aliphatic rings. The number of nitrogens with zero attached hydrogens (tertiary/aromatic N) is 4. The van der Waals surface area contributed by atoms with E-state index in [1.165, 1.54) is 5.56 Å². The van der Waals surface area contributed by atoms with Crippen molar-refractivity contribution >= 4 is 35.0 Å². The van der Waals surface area contributed by atoms with E-state index < -0.39 is 0 Å². The molecule has 0 aliphatic carbocycles. The number of aromatic amines is 1. The summed E-state index contributed by atoms with van der Waals surface area (Å²) in [5.41, 5.74) is 4.62. The van der Waals surface area contributed by atoms with Crippen LogP contribution >= 0.6 is 0 Å². The third kappa shape index (κ3) is 5.66. The summed E-state index contributed by atoms with van der Waals surface area (Å²) in [5, 5.41) is 16.2. The van der Waals surface area contributed by atoms with Crippen LogP contribution in [-0.2, 0) is 11.2 Å². The number of carbonyl (C=O) groups is 1. The first-order valence-electron chi connectivity index (χ1n) is 10.2. The number of hydrogen-bond donors (Lipinski definition) is 4. The molecule has 0 radical (unpaired) electrons. The summed E-state index contributed by atoms with van der Waals surface area (Å²) in [6.45, 7) is 5.82. The molecule has 0 fully saturated rings. The van der Waals surface area contributed by atoms with Crippen LogP contribution in [0.25, 0.3) is 0 Å². The Morgan fingerprint density at radius 3 is 2.06 bits per heavy atom. The molecule has 0 atom stereocenters. The van der Waals surface area contributed by atoms with Crippen LogP contribution in [0.15, 0.2) is 54.6 Å². The van der Waals surface area contributed by atoms with Gasteiger partial charge in [-0.1, -0.05) is 35.4 Å². The summed E-state index contributed by atoms with van der Waals surface area (Å²) in [5.74, 6) is 1.72. The molecule has 0 bridgehead atoms. The second-order valence-electron chi connectivity index (χ2n) is 7.52. The van der Waals surface area contributed by atoms with Crippen LogP contribution in [0.5, 0.6) is 0 Å². The average molecular weight is 429 g/mol.